The first-order chi connectivity index (χ1) is 8.18. The summed E-state index contributed by atoms with van der Waals surface area (Å²) in [5, 5.41) is 13.6. The molecule has 1 unspecified atom stereocenters. The standard InChI is InChI=1S/C12H20N2O4/c1-5-6-13-11(18)14-8(10(16)17)7-9(15)12(2,3)4/h5,8H,1,6-7H2,2-4H3,(H,16,17)(H2,13,14,18). The fourth-order valence-electron chi connectivity index (χ4n) is 1.07. The van der Waals surface area contributed by atoms with E-state index >= 15 is 0 Å². The number of amides is 2. The molecule has 3 N–H and O–H groups in total. The van der Waals surface area contributed by atoms with Crippen LogP contribution >= 0.6 is 0 Å². The fraction of sp³-hybridized carbons (Fsp3) is 0.583. The van der Waals surface area contributed by atoms with Crippen molar-refractivity contribution in [3.05, 3.63) is 12.7 Å². The molecule has 0 spiro atoms. The predicted molar refractivity (Wildman–Crippen MR) is 67.2 cm³/mol. The summed E-state index contributed by atoms with van der Waals surface area (Å²) in [6, 6.07) is -1.86. The molecule has 6 heteroatoms. The van der Waals surface area contributed by atoms with Gasteiger partial charge in [0, 0.05) is 18.4 Å². The normalized spacial score (nSPS) is 12.4. The number of rotatable bonds is 6. The van der Waals surface area contributed by atoms with Gasteiger partial charge in [-0.1, -0.05) is 26.8 Å². The summed E-state index contributed by atoms with van der Waals surface area (Å²) in [6.07, 6.45) is 1.23. The molecule has 18 heavy (non-hydrogen) atoms. The monoisotopic (exact) mass is 256 g/mol. The summed E-state index contributed by atoms with van der Waals surface area (Å²) in [5.74, 6) is -1.46. The van der Waals surface area contributed by atoms with Crippen LogP contribution < -0.4 is 10.6 Å². The van der Waals surface area contributed by atoms with E-state index in [0.29, 0.717) is 0 Å². The lowest BCUT2D eigenvalue weighted by Gasteiger charge is -2.20. The zero-order valence-corrected chi connectivity index (χ0v) is 10.9. The molecule has 0 rings (SSSR count). The van der Waals surface area contributed by atoms with Crippen LogP contribution in [-0.4, -0.2) is 35.5 Å². The van der Waals surface area contributed by atoms with E-state index in [-0.39, 0.29) is 18.7 Å². The molecule has 0 fully saturated rings. The minimum atomic E-state index is -1.23. The van der Waals surface area contributed by atoms with Gasteiger partial charge in [0.05, 0.1) is 0 Å². The van der Waals surface area contributed by atoms with Gasteiger partial charge in [-0.05, 0) is 0 Å². The number of Topliss-reactive ketones (excluding diaryl/α,β-unsaturated/α-hetero) is 1. The van der Waals surface area contributed by atoms with Gasteiger partial charge in [0.25, 0.3) is 0 Å². The largest absolute Gasteiger partial charge is 0.480 e. The van der Waals surface area contributed by atoms with E-state index in [2.05, 4.69) is 17.2 Å². The molecule has 6 nitrogen and oxygen atoms in total. The molecule has 0 saturated carbocycles. The number of aliphatic carboxylic acids is 1. The molecular weight excluding hydrogens is 236 g/mol. The highest BCUT2D eigenvalue weighted by atomic mass is 16.4. The van der Waals surface area contributed by atoms with Gasteiger partial charge in [0.15, 0.2) is 0 Å². The van der Waals surface area contributed by atoms with Crippen LogP contribution in [-0.2, 0) is 9.59 Å². The van der Waals surface area contributed by atoms with Crippen molar-refractivity contribution < 1.29 is 19.5 Å². The molecule has 0 aromatic heterocycles. The number of carboxylic acid groups (broad SMARTS) is 1. The van der Waals surface area contributed by atoms with Crippen molar-refractivity contribution in [1.29, 1.82) is 0 Å². The van der Waals surface area contributed by atoms with Crippen LogP contribution in [0.25, 0.3) is 0 Å². The Balaban J connectivity index is 4.50. The van der Waals surface area contributed by atoms with Crippen LogP contribution in [0.2, 0.25) is 0 Å². The van der Waals surface area contributed by atoms with Crippen LogP contribution in [0.1, 0.15) is 27.2 Å². The Morgan fingerprint density at radius 1 is 1.33 bits per heavy atom. The predicted octanol–water partition coefficient (Wildman–Crippen LogP) is 0.930. The summed E-state index contributed by atoms with van der Waals surface area (Å²) in [7, 11) is 0. The zero-order valence-electron chi connectivity index (χ0n) is 10.9. The topological polar surface area (TPSA) is 95.5 Å². The molecule has 1 atom stereocenters. The number of carbonyl (C=O) groups excluding carboxylic acids is 2. The maximum absolute atomic E-state index is 11.7. The van der Waals surface area contributed by atoms with Crippen LogP contribution in [0.15, 0.2) is 12.7 Å². The number of ketones is 1. The Morgan fingerprint density at radius 3 is 2.28 bits per heavy atom. The third-order valence-electron chi connectivity index (χ3n) is 2.24. The molecule has 0 radical (unpaired) electrons. The smallest absolute Gasteiger partial charge is 0.326 e. The Bertz CT molecular complexity index is 344. The highest BCUT2D eigenvalue weighted by Crippen LogP contribution is 2.17. The summed E-state index contributed by atoms with van der Waals surface area (Å²) in [6.45, 7) is 8.74. The second-order valence-electron chi connectivity index (χ2n) is 4.91. The van der Waals surface area contributed by atoms with E-state index < -0.39 is 23.5 Å². The van der Waals surface area contributed by atoms with Gasteiger partial charge in [-0.2, -0.15) is 0 Å². The third-order valence-corrected chi connectivity index (χ3v) is 2.24. The Kier molecular flexibility index (Phi) is 6.08. The number of nitrogens with one attached hydrogen (secondary N) is 2. The fourth-order valence-corrected chi connectivity index (χ4v) is 1.07. The summed E-state index contributed by atoms with van der Waals surface area (Å²) in [4.78, 5) is 34.0. The number of hydrogen-bond donors (Lipinski definition) is 3. The first-order valence-corrected chi connectivity index (χ1v) is 5.60. The Morgan fingerprint density at radius 2 is 1.89 bits per heavy atom. The number of hydrogen-bond acceptors (Lipinski definition) is 3. The molecule has 0 aliphatic rings. The highest BCUT2D eigenvalue weighted by Gasteiger charge is 2.29. The van der Waals surface area contributed by atoms with E-state index in [1.807, 2.05) is 0 Å². The highest BCUT2D eigenvalue weighted by molar-refractivity contribution is 5.91. The molecule has 0 aromatic rings. The van der Waals surface area contributed by atoms with Crippen LogP contribution in [0.4, 0.5) is 4.79 Å². The molecule has 102 valence electrons. The average Bonchev–Trinajstić information content (AvgIpc) is 2.23. The van der Waals surface area contributed by atoms with Crippen LogP contribution in [0.5, 0.6) is 0 Å². The number of carbonyl (C=O) groups is 3. The SMILES string of the molecule is C=CCNC(=O)NC(CC(=O)C(C)(C)C)C(=O)O. The quantitative estimate of drug-likeness (QED) is 0.616. The molecule has 0 saturated heterocycles. The van der Waals surface area contributed by atoms with Crippen molar-refractivity contribution in [3.8, 4) is 0 Å². The molecule has 0 aliphatic heterocycles. The van der Waals surface area contributed by atoms with Gasteiger partial charge in [-0.25, -0.2) is 9.59 Å². The van der Waals surface area contributed by atoms with Crippen LogP contribution in [0.3, 0.4) is 0 Å². The lowest BCUT2D eigenvalue weighted by Crippen LogP contribution is -2.47. The van der Waals surface area contributed by atoms with Crippen molar-refractivity contribution in [1.82, 2.24) is 10.6 Å². The summed E-state index contributed by atoms with van der Waals surface area (Å²) < 4.78 is 0. The maximum atomic E-state index is 11.7. The number of carboxylic acids is 1. The third kappa shape index (κ3) is 6.03. The lowest BCUT2D eigenvalue weighted by molar-refractivity contribution is -0.142. The molecule has 0 bridgehead atoms. The van der Waals surface area contributed by atoms with E-state index in [9.17, 15) is 14.4 Å². The second kappa shape index (κ2) is 6.78. The second-order valence-corrected chi connectivity index (χ2v) is 4.91. The number of urea groups is 1. The molecule has 0 aromatic carbocycles. The maximum Gasteiger partial charge on any atom is 0.326 e. The van der Waals surface area contributed by atoms with E-state index in [0.717, 1.165) is 0 Å². The first-order valence-electron chi connectivity index (χ1n) is 5.60. The van der Waals surface area contributed by atoms with E-state index in [1.165, 1.54) is 6.08 Å². The Hall–Kier alpha value is -1.85. The van der Waals surface area contributed by atoms with Crippen molar-refractivity contribution in [3.63, 3.8) is 0 Å². The van der Waals surface area contributed by atoms with Crippen molar-refractivity contribution >= 4 is 17.8 Å². The van der Waals surface area contributed by atoms with Crippen molar-refractivity contribution in [2.45, 2.75) is 33.2 Å². The van der Waals surface area contributed by atoms with E-state index in [1.54, 1.807) is 20.8 Å². The molecular formula is C12H20N2O4. The van der Waals surface area contributed by atoms with Crippen molar-refractivity contribution in [2.24, 2.45) is 5.41 Å². The molecule has 0 aliphatic carbocycles. The minimum Gasteiger partial charge on any atom is -0.480 e. The zero-order chi connectivity index (χ0) is 14.3. The van der Waals surface area contributed by atoms with Gasteiger partial charge >= 0.3 is 12.0 Å². The minimum absolute atomic E-state index is 0.223. The van der Waals surface area contributed by atoms with E-state index in [4.69, 9.17) is 5.11 Å². The van der Waals surface area contributed by atoms with Gasteiger partial charge in [0.1, 0.15) is 11.8 Å². The van der Waals surface area contributed by atoms with Gasteiger partial charge in [0.2, 0.25) is 0 Å². The summed E-state index contributed by atoms with van der Waals surface area (Å²) >= 11 is 0. The summed E-state index contributed by atoms with van der Waals surface area (Å²) in [5.41, 5.74) is -0.632. The van der Waals surface area contributed by atoms with Crippen molar-refractivity contribution in [2.75, 3.05) is 6.54 Å². The Labute approximate surface area is 106 Å². The van der Waals surface area contributed by atoms with Gasteiger partial charge in [-0.15, -0.1) is 6.58 Å². The lowest BCUT2D eigenvalue weighted by atomic mass is 9.87. The molecule has 0 heterocycles. The van der Waals surface area contributed by atoms with Gasteiger partial charge in [-0.3, -0.25) is 4.79 Å². The average molecular weight is 256 g/mol. The van der Waals surface area contributed by atoms with Crippen LogP contribution in [0, 0.1) is 5.41 Å². The molecule has 2 amide bonds. The van der Waals surface area contributed by atoms with Gasteiger partial charge < -0.3 is 15.7 Å². The first kappa shape index (κ1) is 16.1.